The minimum absolute atomic E-state index is 0.456. The molecule has 1 heterocycles. The first-order valence-corrected chi connectivity index (χ1v) is 5.51. The maximum atomic E-state index is 4.32. The van der Waals surface area contributed by atoms with E-state index in [4.69, 9.17) is 0 Å². The number of pyridine rings is 1. The minimum Gasteiger partial charge on any atom is -0.261 e. The largest absolute Gasteiger partial charge is 0.261 e. The third-order valence-electron chi connectivity index (χ3n) is 2.56. The fourth-order valence-corrected chi connectivity index (χ4v) is 2.06. The number of nitrogens with zero attached hydrogens (tertiary/aromatic N) is 1. The second-order valence-electron chi connectivity index (χ2n) is 4.61. The molecule has 0 spiro atoms. The summed E-state index contributed by atoms with van der Waals surface area (Å²) in [4.78, 5) is 4.32. The fraction of sp³-hybridized carbons (Fsp3) is 0.615. The molecule has 0 bridgehead atoms. The lowest BCUT2D eigenvalue weighted by atomic mass is 9.90. The summed E-state index contributed by atoms with van der Waals surface area (Å²) < 4.78 is 0. The Morgan fingerprint density at radius 3 is 2.36 bits per heavy atom. The zero-order valence-corrected chi connectivity index (χ0v) is 10.0. The fourth-order valence-electron chi connectivity index (χ4n) is 2.06. The van der Waals surface area contributed by atoms with E-state index in [2.05, 4.69) is 31.8 Å². The van der Waals surface area contributed by atoms with Gasteiger partial charge in [0, 0.05) is 11.9 Å². The van der Waals surface area contributed by atoms with Gasteiger partial charge in [-0.1, -0.05) is 27.7 Å². The summed E-state index contributed by atoms with van der Waals surface area (Å²) in [5.74, 6) is 0. The van der Waals surface area contributed by atoms with E-state index in [9.17, 15) is 0 Å². The maximum Gasteiger partial charge on any atom is 0.0375 e. The van der Waals surface area contributed by atoms with Crippen molar-refractivity contribution >= 4 is 0 Å². The molecular weight excluding hydrogens is 170 g/mol. The molecule has 1 aromatic rings. The first kappa shape index (κ1) is 11.2. The molecule has 0 radical (unpaired) electrons. The van der Waals surface area contributed by atoms with E-state index in [0.29, 0.717) is 5.41 Å². The SMILES string of the molecule is CC.Cc1cc2c(cn1)CC(C)(C)C2. The van der Waals surface area contributed by atoms with Crippen molar-refractivity contribution in [1.29, 1.82) is 0 Å². The molecule has 78 valence electrons. The van der Waals surface area contributed by atoms with Gasteiger partial charge in [-0.2, -0.15) is 0 Å². The van der Waals surface area contributed by atoms with Gasteiger partial charge in [0.05, 0.1) is 0 Å². The van der Waals surface area contributed by atoms with E-state index in [1.54, 1.807) is 0 Å². The molecule has 1 aliphatic rings. The van der Waals surface area contributed by atoms with Crippen LogP contribution < -0.4 is 0 Å². The van der Waals surface area contributed by atoms with Crippen LogP contribution in [-0.4, -0.2) is 4.98 Å². The molecule has 0 saturated carbocycles. The van der Waals surface area contributed by atoms with Crippen molar-refractivity contribution in [3.8, 4) is 0 Å². The molecule has 1 aliphatic carbocycles. The lowest BCUT2D eigenvalue weighted by Crippen LogP contribution is -2.09. The summed E-state index contributed by atoms with van der Waals surface area (Å²) in [6, 6.07) is 2.23. The Labute approximate surface area is 87.6 Å². The average molecular weight is 191 g/mol. The Hall–Kier alpha value is -0.850. The Kier molecular flexibility index (Phi) is 3.30. The van der Waals surface area contributed by atoms with Gasteiger partial charge in [0.25, 0.3) is 0 Å². The first-order valence-electron chi connectivity index (χ1n) is 5.51. The topological polar surface area (TPSA) is 12.9 Å². The van der Waals surface area contributed by atoms with Crippen molar-refractivity contribution in [2.75, 3.05) is 0 Å². The third kappa shape index (κ3) is 2.34. The molecule has 14 heavy (non-hydrogen) atoms. The zero-order valence-electron chi connectivity index (χ0n) is 10.0. The Bertz CT molecular complexity index is 313. The molecule has 2 rings (SSSR count). The first-order chi connectivity index (χ1) is 6.57. The number of fused-ring (bicyclic) bond motifs is 1. The Balaban J connectivity index is 0.000000461. The van der Waals surface area contributed by atoms with Crippen molar-refractivity contribution < 1.29 is 0 Å². The normalized spacial score (nSPS) is 16.9. The van der Waals surface area contributed by atoms with Crippen LogP contribution in [0.1, 0.15) is 44.5 Å². The number of hydrogen-bond donors (Lipinski definition) is 0. The lowest BCUT2D eigenvalue weighted by Gasteiger charge is -2.14. The standard InChI is InChI=1S/C11H15N.C2H6/c1-8-4-9-5-11(2,3)6-10(9)7-12-8;1-2/h4,7H,5-6H2,1-3H3;1-2H3. The molecule has 0 aliphatic heterocycles. The second kappa shape index (κ2) is 4.12. The van der Waals surface area contributed by atoms with Crippen LogP contribution in [0.15, 0.2) is 12.3 Å². The maximum absolute atomic E-state index is 4.32. The average Bonchev–Trinajstić information content (AvgIpc) is 2.41. The van der Waals surface area contributed by atoms with Gasteiger partial charge in [-0.25, -0.2) is 0 Å². The quantitative estimate of drug-likeness (QED) is 0.611. The Morgan fingerprint density at radius 1 is 1.14 bits per heavy atom. The van der Waals surface area contributed by atoms with E-state index >= 15 is 0 Å². The molecule has 0 fully saturated rings. The van der Waals surface area contributed by atoms with Gasteiger partial charge in [-0.05, 0) is 42.4 Å². The lowest BCUT2D eigenvalue weighted by molar-refractivity contribution is 0.392. The smallest absolute Gasteiger partial charge is 0.0375 e. The highest BCUT2D eigenvalue weighted by molar-refractivity contribution is 5.32. The zero-order chi connectivity index (χ0) is 10.8. The molecule has 0 amide bonds. The number of aryl methyl sites for hydroxylation is 1. The number of aromatic nitrogens is 1. The molecule has 0 unspecified atom stereocenters. The van der Waals surface area contributed by atoms with Gasteiger partial charge in [-0.15, -0.1) is 0 Å². The van der Waals surface area contributed by atoms with E-state index in [0.717, 1.165) is 5.69 Å². The van der Waals surface area contributed by atoms with Gasteiger partial charge >= 0.3 is 0 Å². The van der Waals surface area contributed by atoms with Crippen LogP contribution in [0.4, 0.5) is 0 Å². The predicted octanol–water partition coefficient (Wildman–Crippen LogP) is 3.54. The van der Waals surface area contributed by atoms with Crippen LogP contribution in [-0.2, 0) is 12.8 Å². The van der Waals surface area contributed by atoms with E-state index < -0.39 is 0 Å². The van der Waals surface area contributed by atoms with Gasteiger partial charge in [0.1, 0.15) is 0 Å². The summed E-state index contributed by atoms with van der Waals surface area (Å²) in [5.41, 5.74) is 4.56. The molecule has 1 heteroatoms. The van der Waals surface area contributed by atoms with Crippen LogP contribution in [0.3, 0.4) is 0 Å². The second-order valence-corrected chi connectivity index (χ2v) is 4.61. The highest BCUT2D eigenvalue weighted by Crippen LogP contribution is 2.35. The van der Waals surface area contributed by atoms with E-state index in [1.807, 2.05) is 20.0 Å². The van der Waals surface area contributed by atoms with Crippen molar-refractivity contribution in [3.63, 3.8) is 0 Å². The van der Waals surface area contributed by atoms with Gasteiger partial charge < -0.3 is 0 Å². The van der Waals surface area contributed by atoms with Gasteiger partial charge in [0.15, 0.2) is 0 Å². The molecule has 1 nitrogen and oxygen atoms in total. The monoisotopic (exact) mass is 191 g/mol. The summed E-state index contributed by atoms with van der Waals surface area (Å²) >= 11 is 0. The van der Waals surface area contributed by atoms with Crippen molar-refractivity contribution in [2.45, 2.75) is 47.5 Å². The predicted molar refractivity (Wildman–Crippen MR) is 61.5 cm³/mol. The number of hydrogen-bond acceptors (Lipinski definition) is 1. The van der Waals surface area contributed by atoms with E-state index in [1.165, 1.54) is 24.0 Å². The van der Waals surface area contributed by atoms with Crippen LogP contribution in [0.25, 0.3) is 0 Å². The summed E-state index contributed by atoms with van der Waals surface area (Å²) in [7, 11) is 0. The van der Waals surface area contributed by atoms with Crippen molar-refractivity contribution in [1.82, 2.24) is 4.98 Å². The molecule has 0 aromatic carbocycles. The van der Waals surface area contributed by atoms with Crippen LogP contribution >= 0.6 is 0 Å². The third-order valence-corrected chi connectivity index (χ3v) is 2.56. The molecule has 0 N–H and O–H groups in total. The van der Waals surface area contributed by atoms with Crippen LogP contribution in [0.2, 0.25) is 0 Å². The minimum atomic E-state index is 0.456. The summed E-state index contributed by atoms with van der Waals surface area (Å²) in [6.07, 6.45) is 4.45. The summed E-state index contributed by atoms with van der Waals surface area (Å²) in [6.45, 7) is 10.7. The Morgan fingerprint density at radius 2 is 1.71 bits per heavy atom. The van der Waals surface area contributed by atoms with Crippen LogP contribution in [0, 0.1) is 12.3 Å². The van der Waals surface area contributed by atoms with Crippen LogP contribution in [0.5, 0.6) is 0 Å². The summed E-state index contributed by atoms with van der Waals surface area (Å²) in [5, 5.41) is 0. The molecular formula is C13H21N. The van der Waals surface area contributed by atoms with Crippen molar-refractivity contribution in [3.05, 3.63) is 29.1 Å². The van der Waals surface area contributed by atoms with Crippen molar-refractivity contribution in [2.24, 2.45) is 5.41 Å². The molecule has 0 atom stereocenters. The van der Waals surface area contributed by atoms with Gasteiger partial charge in [0.2, 0.25) is 0 Å². The van der Waals surface area contributed by atoms with E-state index in [-0.39, 0.29) is 0 Å². The number of rotatable bonds is 0. The molecule has 0 saturated heterocycles. The van der Waals surface area contributed by atoms with Gasteiger partial charge in [-0.3, -0.25) is 4.98 Å². The highest BCUT2D eigenvalue weighted by atomic mass is 14.7. The molecule has 1 aromatic heterocycles. The highest BCUT2D eigenvalue weighted by Gasteiger charge is 2.28.